The van der Waals surface area contributed by atoms with Gasteiger partial charge in [0, 0.05) is 62.0 Å². The van der Waals surface area contributed by atoms with E-state index in [0.717, 1.165) is 56.1 Å². The maximum absolute atomic E-state index is 12.8. The number of fused-ring (bicyclic) bond motifs is 2. The van der Waals surface area contributed by atoms with Gasteiger partial charge < -0.3 is 19.9 Å². The normalized spacial score (nSPS) is 24.4. The summed E-state index contributed by atoms with van der Waals surface area (Å²) in [5.41, 5.74) is 4.81. The van der Waals surface area contributed by atoms with Gasteiger partial charge in [-0.05, 0) is 62.6 Å². The molecule has 33 heavy (non-hydrogen) atoms. The van der Waals surface area contributed by atoms with E-state index in [4.69, 9.17) is 4.74 Å². The number of nitrogens with zero attached hydrogens (tertiary/aromatic N) is 2. The molecule has 3 aliphatic rings. The van der Waals surface area contributed by atoms with Crippen LogP contribution in [-0.4, -0.2) is 65.0 Å². The molecule has 7 nitrogen and oxygen atoms in total. The quantitative estimate of drug-likeness (QED) is 0.627. The molecule has 2 fully saturated rings. The van der Waals surface area contributed by atoms with Gasteiger partial charge in [-0.2, -0.15) is 0 Å². The second-order valence-corrected chi connectivity index (χ2v) is 9.96. The maximum Gasteiger partial charge on any atom is 0.317 e. The van der Waals surface area contributed by atoms with Gasteiger partial charge in [-0.3, -0.25) is 9.69 Å². The number of rotatable bonds is 7. The van der Waals surface area contributed by atoms with Crippen molar-refractivity contribution >= 4 is 22.9 Å². The van der Waals surface area contributed by atoms with Crippen LogP contribution in [0.1, 0.15) is 62.8 Å². The van der Waals surface area contributed by atoms with Gasteiger partial charge in [0.2, 0.25) is 0 Å². The number of H-pyrrole nitrogens is 1. The zero-order valence-corrected chi connectivity index (χ0v) is 20.0. The summed E-state index contributed by atoms with van der Waals surface area (Å²) >= 11 is 0. The highest BCUT2D eigenvalue weighted by molar-refractivity contribution is 5.90. The summed E-state index contributed by atoms with van der Waals surface area (Å²) in [6.45, 7) is 9.27. The molecular weight excluding hydrogens is 416 g/mol. The van der Waals surface area contributed by atoms with Crippen LogP contribution >= 0.6 is 0 Å². The van der Waals surface area contributed by atoms with E-state index in [1.165, 1.54) is 36.3 Å². The molecule has 1 aromatic heterocycles. The third-order valence-electron chi connectivity index (χ3n) is 7.78. The van der Waals surface area contributed by atoms with Crippen molar-refractivity contribution < 1.29 is 14.3 Å². The highest BCUT2D eigenvalue weighted by atomic mass is 16.5. The molecule has 0 radical (unpaired) electrons. The van der Waals surface area contributed by atoms with Gasteiger partial charge in [-0.1, -0.05) is 12.1 Å². The number of hydrogen-bond donors (Lipinski definition) is 2. The number of nitrogens with one attached hydrogen (secondary N) is 2. The fourth-order valence-corrected chi connectivity index (χ4v) is 5.98. The minimum Gasteiger partial charge on any atom is -0.459 e. The predicted molar refractivity (Wildman–Crippen MR) is 128 cm³/mol. The zero-order valence-electron chi connectivity index (χ0n) is 20.0. The highest BCUT2D eigenvalue weighted by Gasteiger charge is 2.43. The Morgan fingerprint density at radius 2 is 2.03 bits per heavy atom. The first-order valence-corrected chi connectivity index (χ1v) is 12.5. The van der Waals surface area contributed by atoms with Crippen LogP contribution in [0, 0.1) is 5.92 Å². The van der Waals surface area contributed by atoms with Crippen molar-refractivity contribution in [3.05, 3.63) is 35.0 Å². The molecule has 2 aliphatic carbocycles. The summed E-state index contributed by atoms with van der Waals surface area (Å²) in [4.78, 5) is 32.3. The highest BCUT2D eigenvalue weighted by Crippen LogP contribution is 2.45. The molecule has 1 aromatic carbocycles. The summed E-state index contributed by atoms with van der Waals surface area (Å²) < 4.78 is 5.37. The smallest absolute Gasteiger partial charge is 0.317 e. The van der Waals surface area contributed by atoms with Gasteiger partial charge in [-0.25, -0.2) is 4.79 Å². The van der Waals surface area contributed by atoms with Gasteiger partial charge in [0.25, 0.3) is 0 Å². The van der Waals surface area contributed by atoms with Crippen molar-refractivity contribution in [3.63, 3.8) is 0 Å². The summed E-state index contributed by atoms with van der Waals surface area (Å²) in [7, 11) is 0. The van der Waals surface area contributed by atoms with Crippen molar-refractivity contribution in [1.82, 2.24) is 20.1 Å². The lowest BCUT2D eigenvalue weighted by Crippen LogP contribution is -2.58. The number of aromatic nitrogens is 1. The Bertz CT molecular complexity index is 1040. The second kappa shape index (κ2) is 9.01. The number of likely N-dealkylation sites (tertiary alicyclic amines) is 1. The molecule has 5 rings (SSSR count). The lowest BCUT2D eigenvalue weighted by Gasteiger charge is -2.47. The van der Waals surface area contributed by atoms with Crippen LogP contribution in [0.5, 0.6) is 0 Å². The third-order valence-corrected chi connectivity index (χ3v) is 7.78. The predicted octanol–water partition coefficient (Wildman–Crippen LogP) is 3.78. The van der Waals surface area contributed by atoms with Crippen molar-refractivity contribution in [3.8, 4) is 0 Å². The number of ether oxygens (including phenoxy) is 1. The van der Waals surface area contributed by atoms with E-state index in [2.05, 4.69) is 33.4 Å². The van der Waals surface area contributed by atoms with E-state index in [1.54, 1.807) is 0 Å². The average molecular weight is 453 g/mol. The van der Waals surface area contributed by atoms with E-state index >= 15 is 0 Å². The van der Waals surface area contributed by atoms with Gasteiger partial charge >= 0.3 is 12.0 Å². The molecule has 0 unspecified atom stereocenters. The third kappa shape index (κ3) is 4.35. The number of aromatic amines is 1. The first-order chi connectivity index (χ1) is 16.0. The lowest BCUT2D eigenvalue weighted by atomic mass is 9.73. The van der Waals surface area contributed by atoms with Crippen molar-refractivity contribution in [2.75, 3.05) is 26.2 Å². The van der Waals surface area contributed by atoms with Crippen molar-refractivity contribution in [2.45, 2.75) is 71.1 Å². The van der Waals surface area contributed by atoms with E-state index < -0.39 is 0 Å². The molecule has 178 valence electrons. The molecule has 1 saturated carbocycles. The number of amides is 2. The summed E-state index contributed by atoms with van der Waals surface area (Å²) in [6.07, 6.45) is 4.55. The Morgan fingerprint density at radius 1 is 1.24 bits per heavy atom. The number of benzene rings is 1. The lowest BCUT2D eigenvalue weighted by molar-refractivity contribution is -0.142. The largest absolute Gasteiger partial charge is 0.459 e. The second-order valence-electron chi connectivity index (χ2n) is 9.96. The molecule has 2 amide bonds. The van der Waals surface area contributed by atoms with Gasteiger partial charge in [-0.15, -0.1) is 0 Å². The van der Waals surface area contributed by atoms with Crippen LogP contribution in [0.15, 0.2) is 18.2 Å². The molecule has 7 heteroatoms. The SMILES string of the molecule is CCN(CC)C(=O)N[C@H]1C[C@@H]2c3cccc4[nH]c(COC(C)=O)c(c34)C[C@H]2N(CC2CC2)C1. The van der Waals surface area contributed by atoms with Crippen LogP contribution in [0.2, 0.25) is 0 Å². The molecule has 1 saturated heterocycles. The minimum atomic E-state index is -0.255. The number of esters is 1. The van der Waals surface area contributed by atoms with E-state index in [0.29, 0.717) is 18.6 Å². The van der Waals surface area contributed by atoms with Gasteiger partial charge in [0.05, 0.1) is 5.69 Å². The van der Waals surface area contributed by atoms with Crippen LogP contribution < -0.4 is 5.32 Å². The molecule has 0 spiro atoms. The summed E-state index contributed by atoms with van der Waals surface area (Å²) in [5.74, 6) is 0.912. The van der Waals surface area contributed by atoms with Crippen molar-refractivity contribution in [2.24, 2.45) is 5.92 Å². The van der Waals surface area contributed by atoms with E-state index in [-0.39, 0.29) is 18.0 Å². The molecule has 0 bridgehead atoms. The summed E-state index contributed by atoms with van der Waals surface area (Å²) in [5, 5.41) is 4.65. The Labute approximate surface area is 195 Å². The minimum absolute atomic E-state index is 0.0508. The summed E-state index contributed by atoms with van der Waals surface area (Å²) in [6, 6.07) is 7.11. The van der Waals surface area contributed by atoms with Crippen molar-refractivity contribution in [1.29, 1.82) is 0 Å². The fourth-order valence-electron chi connectivity index (χ4n) is 5.98. The van der Waals surface area contributed by atoms with Crippen LogP contribution in [0.3, 0.4) is 0 Å². The number of hydrogen-bond acceptors (Lipinski definition) is 4. The Balaban J connectivity index is 1.47. The maximum atomic E-state index is 12.8. The standard InChI is InChI=1S/C26H36N4O3/c1-4-29(5-2)26(32)27-18-11-20-19-7-6-8-22-25(19)21(23(28-22)15-33-16(3)31)12-24(20)30(14-18)13-17-9-10-17/h6-8,17-18,20,24,28H,4-5,9-15H2,1-3H3,(H,27,32)/t18-,20+,24+/m0/s1. The molecular formula is C26H36N4O3. The molecule has 2 N–H and O–H groups in total. The molecule has 3 atom stereocenters. The molecule has 2 heterocycles. The van der Waals surface area contributed by atoms with Gasteiger partial charge in [0.15, 0.2) is 0 Å². The van der Waals surface area contributed by atoms with Crippen LogP contribution in [-0.2, 0) is 22.6 Å². The number of piperidine rings is 1. The van der Waals surface area contributed by atoms with Crippen LogP contribution in [0.25, 0.3) is 10.9 Å². The zero-order chi connectivity index (χ0) is 23.1. The fraction of sp³-hybridized carbons (Fsp3) is 0.615. The molecule has 1 aliphatic heterocycles. The Morgan fingerprint density at radius 3 is 2.73 bits per heavy atom. The van der Waals surface area contributed by atoms with E-state index in [9.17, 15) is 9.59 Å². The monoisotopic (exact) mass is 452 g/mol. The Hall–Kier alpha value is -2.54. The number of carbonyl (C=O) groups is 2. The number of carbonyl (C=O) groups excluding carboxylic acids is 2. The topological polar surface area (TPSA) is 77.7 Å². The number of urea groups is 1. The first-order valence-electron chi connectivity index (χ1n) is 12.5. The Kier molecular flexibility index (Phi) is 6.08. The molecule has 2 aromatic rings. The van der Waals surface area contributed by atoms with Crippen LogP contribution in [0.4, 0.5) is 4.79 Å². The first kappa shape index (κ1) is 22.3. The van der Waals surface area contributed by atoms with Gasteiger partial charge in [0.1, 0.15) is 6.61 Å². The average Bonchev–Trinajstić information content (AvgIpc) is 3.54. The van der Waals surface area contributed by atoms with E-state index in [1.807, 2.05) is 18.7 Å².